The van der Waals surface area contributed by atoms with Crippen molar-refractivity contribution in [1.29, 1.82) is 0 Å². The van der Waals surface area contributed by atoms with Gasteiger partial charge in [-0.3, -0.25) is 0 Å². The monoisotopic (exact) mass is 242 g/mol. The van der Waals surface area contributed by atoms with Crippen LogP contribution in [0.5, 0.6) is 0 Å². The molecule has 1 spiro atoms. The maximum atomic E-state index is 9.69. The van der Waals surface area contributed by atoms with Gasteiger partial charge in [0.15, 0.2) is 5.79 Å². The zero-order valence-electron chi connectivity index (χ0n) is 11.0. The van der Waals surface area contributed by atoms with Gasteiger partial charge in [0.25, 0.3) is 0 Å². The number of rotatable bonds is 5. The third-order valence-electron chi connectivity index (χ3n) is 4.53. The Labute approximate surface area is 104 Å². The van der Waals surface area contributed by atoms with Crippen molar-refractivity contribution in [3.63, 3.8) is 0 Å². The third kappa shape index (κ3) is 3.01. The van der Waals surface area contributed by atoms with Gasteiger partial charge in [-0.2, -0.15) is 0 Å². The molecule has 0 amide bonds. The van der Waals surface area contributed by atoms with Crippen LogP contribution in [0, 0.1) is 5.41 Å². The van der Waals surface area contributed by atoms with E-state index in [-0.39, 0.29) is 11.2 Å². The summed E-state index contributed by atoms with van der Waals surface area (Å²) in [5.41, 5.74) is 0.149. The summed E-state index contributed by atoms with van der Waals surface area (Å²) in [7, 11) is 0. The number of unbranched alkanes of at least 4 members (excludes halogenated alkanes) is 2. The Kier molecular flexibility index (Phi) is 4.45. The van der Waals surface area contributed by atoms with Gasteiger partial charge in [0.05, 0.1) is 13.2 Å². The first-order valence-electron chi connectivity index (χ1n) is 7.13. The molecule has 2 aliphatic rings. The second-order valence-electron chi connectivity index (χ2n) is 5.72. The van der Waals surface area contributed by atoms with E-state index in [1.807, 2.05) is 0 Å². The van der Waals surface area contributed by atoms with E-state index in [1.54, 1.807) is 0 Å². The highest BCUT2D eigenvalue weighted by molar-refractivity contribution is 4.90. The van der Waals surface area contributed by atoms with Gasteiger partial charge in [-0.15, -0.1) is 0 Å². The molecule has 1 N–H and O–H groups in total. The minimum atomic E-state index is -0.288. The van der Waals surface area contributed by atoms with Crippen LogP contribution in [-0.2, 0) is 9.47 Å². The number of ether oxygens (including phenoxy) is 2. The van der Waals surface area contributed by atoms with E-state index in [9.17, 15) is 5.11 Å². The maximum absolute atomic E-state index is 9.69. The predicted molar refractivity (Wildman–Crippen MR) is 66.8 cm³/mol. The molecule has 0 radical (unpaired) electrons. The summed E-state index contributed by atoms with van der Waals surface area (Å²) in [6.07, 6.45) is 8.94. The summed E-state index contributed by atoms with van der Waals surface area (Å²) in [5, 5.41) is 9.69. The van der Waals surface area contributed by atoms with Crippen molar-refractivity contribution in [2.75, 3.05) is 19.8 Å². The Hall–Kier alpha value is -0.120. The van der Waals surface area contributed by atoms with Crippen LogP contribution in [0.4, 0.5) is 0 Å². The molecule has 0 aromatic carbocycles. The lowest BCUT2D eigenvalue weighted by Crippen LogP contribution is -2.41. The van der Waals surface area contributed by atoms with Crippen LogP contribution in [0.3, 0.4) is 0 Å². The van der Waals surface area contributed by atoms with Gasteiger partial charge in [0.1, 0.15) is 0 Å². The SMILES string of the molecule is CCCCCC1(CO)CCC2(CC1)OCCO2. The van der Waals surface area contributed by atoms with Gasteiger partial charge in [0.2, 0.25) is 0 Å². The highest BCUT2D eigenvalue weighted by Gasteiger charge is 2.45. The molecule has 1 saturated heterocycles. The van der Waals surface area contributed by atoms with E-state index in [2.05, 4.69) is 6.92 Å². The molecule has 0 aromatic rings. The molecule has 0 unspecified atom stereocenters. The van der Waals surface area contributed by atoms with Gasteiger partial charge in [-0.05, 0) is 24.7 Å². The van der Waals surface area contributed by atoms with Crippen LogP contribution >= 0.6 is 0 Å². The largest absolute Gasteiger partial charge is 0.396 e. The van der Waals surface area contributed by atoms with Gasteiger partial charge in [-0.25, -0.2) is 0 Å². The van der Waals surface area contributed by atoms with Crippen molar-refractivity contribution < 1.29 is 14.6 Å². The van der Waals surface area contributed by atoms with Crippen LogP contribution < -0.4 is 0 Å². The lowest BCUT2D eigenvalue weighted by molar-refractivity contribution is -0.195. The Bertz CT molecular complexity index is 224. The molecule has 2 rings (SSSR count). The fraction of sp³-hybridized carbons (Fsp3) is 1.00. The fourth-order valence-electron chi connectivity index (χ4n) is 3.18. The Morgan fingerprint density at radius 3 is 2.18 bits per heavy atom. The van der Waals surface area contributed by atoms with E-state index in [1.165, 1.54) is 19.3 Å². The first kappa shape index (κ1) is 13.3. The third-order valence-corrected chi connectivity index (χ3v) is 4.53. The van der Waals surface area contributed by atoms with Crippen molar-refractivity contribution in [3.8, 4) is 0 Å². The van der Waals surface area contributed by atoms with E-state index in [0.29, 0.717) is 6.61 Å². The molecule has 0 atom stereocenters. The van der Waals surface area contributed by atoms with Crippen molar-refractivity contribution in [2.24, 2.45) is 5.41 Å². The summed E-state index contributed by atoms with van der Waals surface area (Å²) >= 11 is 0. The highest BCUT2D eigenvalue weighted by Crippen LogP contribution is 2.47. The van der Waals surface area contributed by atoms with Gasteiger partial charge in [0, 0.05) is 19.4 Å². The zero-order chi connectivity index (χ0) is 12.2. The lowest BCUT2D eigenvalue weighted by Gasteiger charge is -2.43. The van der Waals surface area contributed by atoms with Crippen molar-refractivity contribution in [1.82, 2.24) is 0 Å². The van der Waals surface area contributed by atoms with E-state index in [4.69, 9.17) is 9.47 Å². The number of hydrogen-bond acceptors (Lipinski definition) is 3. The second-order valence-corrected chi connectivity index (χ2v) is 5.72. The minimum absolute atomic E-state index is 0.149. The average molecular weight is 242 g/mol. The molecule has 1 aliphatic carbocycles. The zero-order valence-corrected chi connectivity index (χ0v) is 11.0. The van der Waals surface area contributed by atoms with E-state index < -0.39 is 0 Å². The minimum Gasteiger partial charge on any atom is -0.396 e. The van der Waals surface area contributed by atoms with Gasteiger partial charge >= 0.3 is 0 Å². The van der Waals surface area contributed by atoms with Crippen LogP contribution in [-0.4, -0.2) is 30.7 Å². The van der Waals surface area contributed by atoms with Crippen LogP contribution in [0.2, 0.25) is 0 Å². The summed E-state index contributed by atoms with van der Waals surface area (Å²) in [4.78, 5) is 0. The standard InChI is InChI=1S/C14H26O3/c1-2-3-4-5-13(12-15)6-8-14(9-7-13)16-10-11-17-14/h15H,2-12H2,1H3. The molecule has 0 aromatic heterocycles. The maximum Gasteiger partial charge on any atom is 0.168 e. The molecule has 100 valence electrons. The number of hydrogen-bond donors (Lipinski definition) is 1. The molecule has 1 aliphatic heterocycles. The van der Waals surface area contributed by atoms with Crippen molar-refractivity contribution in [2.45, 2.75) is 64.1 Å². The number of aliphatic hydroxyl groups excluding tert-OH is 1. The Morgan fingerprint density at radius 2 is 1.65 bits per heavy atom. The smallest absolute Gasteiger partial charge is 0.168 e. The summed E-state index contributed by atoms with van der Waals surface area (Å²) in [6, 6.07) is 0. The molecule has 2 fully saturated rings. The molecule has 17 heavy (non-hydrogen) atoms. The first-order valence-corrected chi connectivity index (χ1v) is 7.13. The van der Waals surface area contributed by atoms with Crippen LogP contribution in [0.1, 0.15) is 58.3 Å². The topological polar surface area (TPSA) is 38.7 Å². The fourth-order valence-corrected chi connectivity index (χ4v) is 3.18. The predicted octanol–water partition coefficient (Wildman–Crippen LogP) is 2.86. The number of aliphatic hydroxyl groups is 1. The molecule has 3 nitrogen and oxygen atoms in total. The van der Waals surface area contributed by atoms with Gasteiger partial charge in [-0.1, -0.05) is 26.2 Å². The Balaban J connectivity index is 1.85. The highest BCUT2D eigenvalue weighted by atomic mass is 16.7. The summed E-state index contributed by atoms with van der Waals surface area (Å²) < 4.78 is 11.5. The van der Waals surface area contributed by atoms with Crippen LogP contribution in [0.25, 0.3) is 0 Å². The Morgan fingerprint density at radius 1 is 1.00 bits per heavy atom. The summed E-state index contributed by atoms with van der Waals surface area (Å²) in [5.74, 6) is -0.288. The van der Waals surface area contributed by atoms with Crippen molar-refractivity contribution in [3.05, 3.63) is 0 Å². The quantitative estimate of drug-likeness (QED) is 0.753. The van der Waals surface area contributed by atoms with Crippen LogP contribution in [0.15, 0.2) is 0 Å². The molecular weight excluding hydrogens is 216 g/mol. The van der Waals surface area contributed by atoms with E-state index in [0.717, 1.165) is 45.3 Å². The normalized spacial score (nSPS) is 26.5. The molecule has 1 saturated carbocycles. The first-order chi connectivity index (χ1) is 8.24. The van der Waals surface area contributed by atoms with Crippen molar-refractivity contribution >= 4 is 0 Å². The van der Waals surface area contributed by atoms with E-state index >= 15 is 0 Å². The summed E-state index contributed by atoms with van der Waals surface area (Å²) in [6.45, 7) is 4.03. The molecule has 3 heteroatoms. The lowest BCUT2D eigenvalue weighted by atomic mass is 9.69. The molecule has 1 heterocycles. The average Bonchev–Trinajstić information content (AvgIpc) is 2.82. The molecular formula is C14H26O3. The second kappa shape index (κ2) is 5.68. The molecule has 0 bridgehead atoms. The van der Waals surface area contributed by atoms with Gasteiger partial charge < -0.3 is 14.6 Å².